The number of hydrogen-bond donors (Lipinski definition) is 2. The average molecular weight is 264 g/mol. The van der Waals surface area contributed by atoms with Gasteiger partial charge in [0.2, 0.25) is 0 Å². The summed E-state index contributed by atoms with van der Waals surface area (Å²) in [5, 5.41) is 0. The molecule has 102 valence electrons. The summed E-state index contributed by atoms with van der Waals surface area (Å²) in [6.07, 6.45) is 0. The SMILES string of the molecule is CC(C)C(=O)OCC(=O)NNC(=O)c1ccccc1. The molecule has 0 saturated carbocycles. The van der Waals surface area contributed by atoms with Crippen LogP contribution in [0.25, 0.3) is 0 Å². The summed E-state index contributed by atoms with van der Waals surface area (Å²) in [5.74, 6) is -1.81. The van der Waals surface area contributed by atoms with Crippen LogP contribution in [0, 0.1) is 5.92 Å². The number of carbonyl (C=O) groups is 3. The van der Waals surface area contributed by atoms with Gasteiger partial charge in [-0.1, -0.05) is 32.0 Å². The maximum Gasteiger partial charge on any atom is 0.308 e. The summed E-state index contributed by atoms with van der Waals surface area (Å²) in [4.78, 5) is 34.0. The van der Waals surface area contributed by atoms with Crippen molar-refractivity contribution in [3.8, 4) is 0 Å². The summed E-state index contributed by atoms with van der Waals surface area (Å²) >= 11 is 0. The number of ether oxygens (including phenoxy) is 1. The Morgan fingerprint density at radius 1 is 1.11 bits per heavy atom. The normalized spacial score (nSPS) is 9.84. The van der Waals surface area contributed by atoms with Gasteiger partial charge in [-0.25, -0.2) is 0 Å². The molecule has 0 saturated heterocycles. The number of carbonyl (C=O) groups excluding carboxylic acids is 3. The van der Waals surface area contributed by atoms with Crippen LogP contribution in [-0.2, 0) is 14.3 Å². The van der Waals surface area contributed by atoms with Gasteiger partial charge in [-0.15, -0.1) is 0 Å². The van der Waals surface area contributed by atoms with E-state index in [0.717, 1.165) is 0 Å². The van der Waals surface area contributed by atoms with Gasteiger partial charge in [-0.2, -0.15) is 0 Å². The summed E-state index contributed by atoms with van der Waals surface area (Å²) in [7, 11) is 0. The molecule has 0 heterocycles. The molecule has 0 aliphatic heterocycles. The topological polar surface area (TPSA) is 84.5 Å². The van der Waals surface area contributed by atoms with E-state index in [0.29, 0.717) is 5.56 Å². The summed E-state index contributed by atoms with van der Waals surface area (Å²) in [5.41, 5.74) is 4.80. The van der Waals surface area contributed by atoms with Crippen molar-refractivity contribution in [2.75, 3.05) is 6.61 Å². The molecule has 0 fully saturated rings. The van der Waals surface area contributed by atoms with E-state index in [1.54, 1.807) is 44.2 Å². The fourth-order valence-electron chi connectivity index (χ4n) is 1.13. The number of amides is 2. The first kappa shape index (κ1) is 14.7. The highest BCUT2D eigenvalue weighted by molar-refractivity contribution is 5.95. The lowest BCUT2D eigenvalue weighted by molar-refractivity contribution is -0.151. The molecule has 19 heavy (non-hydrogen) atoms. The van der Waals surface area contributed by atoms with Gasteiger partial charge in [-0.3, -0.25) is 25.2 Å². The number of hydrazine groups is 1. The van der Waals surface area contributed by atoms with E-state index in [2.05, 4.69) is 10.9 Å². The smallest absolute Gasteiger partial charge is 0.308 e. The lowest BCUT2D eigenvalue weighted by atomic mass is 10.2. The van der Waals surface area contributed by atoms with E-state index in [4.69, 9.17) is 4.74 Å². The Kier molecular flexibility index (Phi) is 5.53. The lowest BCUT2D eigenvalue weighted by Gasteiger charge is -2.09. The van der Waals surface area contributed by atoms with Crippen molar-refractivity contribution in [2.24, 2.45) is 5.92 Å². The molecule has 2 amide bonds. The molecule has 0 aromatic heterocycles. The first-order chi connectivity index (χ1) is 9.00. The Morgan fingerprint density at radius 3 is 2.32 bits per heavy atom. The lowest BCUT2D eigenvalue weighted by Crippen LogP contribution is -2.43. The minimum Gasteiger partial charge on any atom is -0.455 e. The third-order valence-corrected chi connectivity index (χ3v) is 2.17. The van der Waals surface area contributed by atoms with Crippen LogP contribution in [0.3, 0.4) is 0 Å². The minimum atomic E-state index is -0.599. The molecule has 0 atom stereocenters. The second-order valence-corrected chi connectivity index (χ2v) is 4.13. The number of rotatable bonds is 4. The molecule has 6 heteroatoms. The molecule has 0 bridgehead atoms. The van der Waals surface area contributed by atoms with Crippen molar-refractivity contribution in [1.29, 1.82) is 0 Å². The Bertz CT molecular complexity index is 457. The van der Waals surface area contributed by atoms with Gasteiger partial charge in [0.25, 0.3) is 11.8 Å². The van der Waals surface area contributed by atoms with Crippen LogP contribution in [0.4, 0.5) is 0 Å². The fourth-order valence-corrected chi connectivity index (χ4v) is 1.13. The zero-order valence-corrected chi connectivity index (χ0v) is 10.8. The van der Waals surface area contributed by atoms with Gasteiger partial charge in [0.15, 0.2) is 6.61 Å². The van der Waals surface area contributed by atoms with Gasteiger partial charge in [0.1, 0.15) is 0 Å². The van der Waals surface area contributed by atoms with Crippen molar-refractivity contribution >= 4 is 17.8 Å². The molecule has 0 spiro atoms. The predicted octanol–water partition coefficient (Wildman–Crippen LogP) is 0.647. The third kappa shape index (κ3) is 5.20. The number of benzene rings is 1. The Morgan fingerprint density at radius 2 is 1.74 bits per heavy atom. The summed E-state index contributed by atoms with van der Waals surface area (Å²) < 4.78 is 4.70. The minimum absolute atomic E-state index is 0.299. The van der Waals surface area contributed by atoms with Crippen LogP contribution >= 0.6 is 0 Å². The van der Waals surface area contributed by atoms with Crippen LogP contribution in [0.15, 0.2) is 30.3 Å². The second-order valence-electron chi connectivity index (χ2n) is 4.13. The first-order valence-electron chi connectivity index (χ1n) is 5.81. The molecule has 2 N–H and O–H groups in total. The van der Waals surface area contributed by atoms with E-state index >= 15 is 0 Å². The van der Waals surface area contributed by atoms with Gasteiger partial charge in [-0.05, 0) is 12.1 Å². The van der Waals surface area contributed by atoms with Crippen LogP contribution in [0.1, 0.15) is 24.2 Å². The zero-order chi connectivity index (χ0) is 14.3. The predicted molar refractivity (Wildman–Crippen MR) is 67.8 cm³/mol. The van der Waals surface area contributed by atoms with E-state index in [-0.39, 0.29) is 5.92 Å². The van der Waals surface area contributed by atoms with E-state index in [9.17, 15) is 14.4 Å². The monoisotopic (exact) mass is 264 g/mol. The van der Waals surface area contributed by atoms with Gasteiger partial charge < -0.3 is 4.74 Å². The average Bonchev–Trinajstić information content (AvgIpc) is 2.42. The Labute approximate surface area is 111 Å². The summed E-state index contributed by atoms with van der Waals surface area (Å²) in [6.45, 7) is 2.90. The molecular weight excluding hydrogens is 248 g/mol. The van der Waals surface area contributed by atoms with Crippen LogP contribution in [-0.4, -0.2) is 24.4 Å². The fraction of sp³-hybridized carbons (Fsp3) is 0.308. The molecular formula is C13H16N2O4. The summed E-state index contributed by atoms with van der Waals surface area (Å²) in [6, 6.07) is 8.42. The van der Waals surface area contributed by atoms with Crippen molar-refractivity contribution in [2.45, 2.75) is 13.8 Å². The second kappa shape index (κ2) is 7.15. The molecule has 0 unspecified atom stereocenters. The van der Waals surface area contributed by atoms with Crippen molar-refractivity contribution < 1.29 is 19.1 Å². The quantitative estimate of drug-likeness (QED) is 0.617. The van der Waals surface area contributed by atoms with Gasteiger partial charge in [0.05, 0.1) is 5.92 Å². The van der Waals surface area contributed by atoms with Crippen molar-refractivity contribution in [3.63, 3.8) is 0 Å². The molecule has 0 radical (unpaired) electrons. The molecule has 6 nitrogen and oxygen atoms in total. The first-order valence-corrected chi connectivity index (χ1v) is 5.81. The van der Waals surface area contributed by atoms with Crippen molar-refractivity contribution in [1.82, 2.24) is 10.9 Å². The number of hydrogen-bond acceptors (Lipinski definition) is 4. The highest BCUT2D eigenvalue weighted by Crippen LogP contribution is 1.97. The molecule has 0 aliphatic carbocycles. The van der Waals surface area contributed by atoms with E-state index in [1.165, 1.54) is 0 Å². The largest absolute Gasteiger partial charge is 0.455 e. The number of nitrogens with one attached hydrogen (secondary N) is 2. The van der Waals surface area contributed by atoms with Crippen LogP contribution in [0.5, 0.6) is 0 Å². The standard InChI is InChI=1S/C13H16N2O4/c1-9(2)13(18)19-8-11(16)14-15-12(17)10-6-4-3-5-7-10/h3-7,9H,8H2,1-2H3,(H,14,16)(H,15,17). The molecule has 1 aromatic rings. The van der Waals surface area contributed by atoms with Gasteiger partial charge in [0, 0.05) is 5.56 Å². The highest BCUT2D eigenvalue weighted by Gasteiger charge is 2.11. The van der Waals surface area contributed by atoms with Gasteiger partial charge >= 0.3 is 5.97 Å². The van der Waals surface area contributed by atoms with E-state index < -0.39 is 24.4 Å². The maximum absolute atomic E-state index is 11.6. The molecule has 1 rings (SSSR count). The van der Waals surface area contributed by atoms with Crippen LogP contribution < -0.4 is 10.9 Å². The maximum atomic E-state index is 11.6. The Balaban J connectivity index is 2.31. The third-order valence-electron chi connectivity index (χ3n) is 2.17. The Hall–Kier alpha value is -2.37. The van der Waals surface area contributed by atoms with Crippen molar-refractivity contribution in [3.05, 3.63) is 35.9 Å². The zero-order valence-electron chi connectivity index (χ0n) is 10.8. The molecule has 0 aliphatic rings. The number of esters is 1. The molecule has 1 aromatic carbocycles. The highest BCUT2D eigenvalue weighted by atomic mass is 16.5. The van der Waals surface area contributed by atoms with Crippen LogP contribution in [0.2, 0.25) is 0 Å². The van der Waals surface area contributed by atoms with E-state index in [1.807, 2.05) is 0 Å².